The molecule has 0 radical (unpaired) electrons. The number of urea groups is 1. The van der Waals surface area contributed by atoms with Gasteiger partial charge in [-0.3, -0.25) is 9.59 Å². The number of hydrogen-bond donors (Lipinski definition) is 3. The Balaban J connectivity index is 2.44. The maximum Gasteiger partial charge on any atom is 0.315 e. The van der Waals surface area contributed by atoms with Crippen molar-refractivity contribution in [3.05, 3.63) is 0 Å². The van der Waals surface area contributed by atoms with Gasteiger partial charge in [0.1, 0.15) is 6.04 Å². The predicted octanol–water partition coefficient (Wildman–Crippen LogP) is 0.406. The van der Waals surface area contributed by atoms with Crippen molar-refractivity contribution >= 4 is 17.9 Å². The van der Waals surface area contributed by atoms with E-state index in [2.05, 4.69) is 10.6 Å². The third-order valence-corrected chi connectivity index (χ3v) is 3.47. The van der Waals surface area contributed by atoms with Crippen LogP contribution in [0.25, 0.3) is 0 Å². The minimum atomic E-state index is -0.933. The molecule has 1 aliphatic carbocycles. The van der Waals surface area contributed by atoms with Crippen LogP contribution < -0.4 is 10.6 Å². The van der Waals surface area contributed by atoms with Crippen LogP contribution in [0.4, 0.5) is 4.79 Å². The van der Waals surface area contributed by atoms with Crippen molar-refractivity contribution < 1.29 is 19.5 Å². The van der Waals surface area contributed by atoms with Crippen LogP contribution in [0.15, 0.2) is 0 Å². The van der Waals surface area contributed by atoms with E-state index in [0.29, 0.717) is 6.54 Å². The van der Waals surface area contributed by atoms with Crippen LogP contribution in [0.1, 0.15) is 33.1 Å². The van der Waals surface area contributed by atoms with Gasteiger partial charge in [-0.05, 0) is 32.6 Å². The molecule has 7 nitrogen and oxygen atoms in total. The molecule has 0 saturated heterocycles. The average molecular weight is 285 g/mol. The summed E-state index contributed by atoms with van der Waals surface area (Å²) in [4.78, 5) is 35.9. The van der Waals surface area contributed by atoms with Crippen molar-refractivity contribution in [3.8, 4) is 0 Å². The number of carbonyl (C=O) groups excluding carboxylic acids is 2. The SMILES string of the molecule is CCN(C)C(=O)C(C)NC(=O)NC(CC(=O)O)C1CC1. The molecule has 0 bridgehead atoms. The van der Waals surface area contributed by atoms with E-state index in [0.717, 1.165) is 12.8 Å². The first-order valence-electron chi connectivity index (χ1n) is 6.89. The van der Waals surface area contributed by atoms with Gasteiger partial charge in [0, 0.05) is 19.6 Å². The summed E-state index contributed by atoms with van der Waals surface area (Å²) < 4.78 is 0. The van der Waals surface area contributed by atoms with E-state index in [4.69, 9.17) is 5.11 Å². The number of carboxylic acids is 1. The molecule has 2 atom stereocenters. The van der Waals surface area contributed by atoms with Gasteiger partial charge in [0.2, 0.25) is 5.91 Å². The summed E-state index contributed by atoms with van der Waals surface area (Å²) in [6, 6.07) is -1.49. The summed E-state index contributed by atoms with van der Waals surface area (Å²) in [6.45, 7) is 4.02. The van der Waals surface area contributed by atoms with Crippen LogP contribution in [0.3, 0.4) is 0 Å². The number of carbonyl (C=O) groups is 3. The molecule has 0 aliphatic heterocycles. The van der Waals surface area contributed by atoms with Gasteiger partial charge in [-0.25, -0.2) is 4.79 Å². The number of nitrogens with one attached hydrogen (secondary N) is 2. The minimum Gasteiger partial charge on any atom is -0.481 e. The molecule has 1 saturated carbocycles. The smallest absolute Gasteiger partial charge is 0.315 e. The molecule has 0 aromatic carbocycles. The van der Waals surface area contributed by atoms with E-state index in [1.807, 2.05) is 6.92 Å². The molecular weight excluding hydrogens is 262 g/mol. The standard InChI is InChI=1S/C13H23N3O4/c1-4-16(3)12(19)8(2)14-13(20)15-10(7-11(17)18)9-5-6-9/h8-10H,4-7H2,1-3H3,(H,17,18)(H2,14,15,20). The fourth-order valence-corrected chi connectivity index (χ4v) is 1.98. The normalized spacial score (nSPS) is 16.9. The third kappa shape index (κ3) is 5.07. The first kappa shape index (κ1) is 16.3. The van der Waals surface area contributed by atoms with Crippen molar-refractivity contribution in [3.63, 3.8) is 0 Å². The van der Waals surface area contributed by atoms with Crippen LogP contribution in [0.5, 0.6) is 0 Å². The molecule has 1 aliphatic rings. The molecule has 7 heteroatoms. The van der Waals surface area contributed by atoms with Crippen molar-refractivity contribution in [1.82, 2.24) is 15.5 Å². The number of nitrogens with zero attached hydrogens (tertiary/aromatic N) is 1. The van der Waals surface area contributed by atoms with Crippen molar-refractivity contribution in [1.29, 1.82) is 0 Å². The highest BCUT2D eigenvalue weighted by molar-refractivity contribution is 5.86. The number of rotatable bonds is 7. The summed E-state index contributed by atoms with van der Waals surface area (Å²) in [7, 11) is 1.66. The van der Waals surface area contributed by atoms with Gasteiger partial charge in [-0.15, -0.1) is 0 Å². The monoisotopic (exact) mass is 285 g/mol. The second kappa shape index (κ2) is 7.12. The highest BCUT2D eigenvalue weighted by atomic mass is 16.4. The van der Waals surface area contributed by atoms with Crippen LogP contribution >= 0.6 is 0 Å². The maximum atomic E-state index is 11.8. The first-order chi connectivity index (χ1) is 9.35. The Morgan fingerprint density at radius 3 is 2.35 bits per heavy atom. The van der Waals surface area contributed by atoms with Crippen LogP contribution in [-0.2, 0) is 9.59 Å². The van der Waals surface area contributed by atoms with E-state index < -0.39 is 18.0 Å². The second-order valence-corrected chi connectivity index (χ2v) is 5.23. The molecule has 114 valence electrons. The highest BCUT2D eigenvalue weighted by Crippen LogP contribution is 2.33. The zero-order valence-corrected chi connectivity index (χ0v) is 12.2. The molecule has 2 unspecified atom stereocenters. The zero-order valence-electron chi connectivity index (χ0n) is 12.2. The Morgan fingerprint density at radius 1 is 1.30 bits per heavy atom. The highest BCUT2D eigenvalue weighted by Gasteiger charge is 2.34. The van der Waals surface area contributed by atoms with Gasteiger partial charge in [-0.2, -0.15) is 0 Å². The Bertz CT molecular complexity index is 382. The molecule has 3 N–H and O–H groups in total. The number of hydrogen-bond acceptors (Lipinski definition) is 3. The predicted molar refractivity (Wildman–Crippen MR) is 73.2 cm³/mol. The quantitative estimate of drug-likeness (QED) is 0.630. The van der Waals surface area contributed by atoms with E-state index in [-0.39, 0.29) is 24.3 Å². The van der Waals surface area contributed by atoms with E-state index >= 15 is 0 Å². The van der Waals surface area contributed by atoms with Crippen molar-refractivity contribution in [2.75, 3.05) is 13.6 Å². The van der Waals surface area contributed by atoms with Crippen LogP contribution in [-0.4, -0.2) is 53.6 Å². The number of amides is 3. The third-order valence-electron chi connectivity index (χ3n) is 3.47. The fraction of sp³-hybridized carbons (Fsp3) is 0.769. The van der Waals surface area contributed by atoms with E-state index in [1.165, 1.54) is 4.90 Å². The van der Waals surface area contributed by atoms with Gasteiger partial charge in [0.15, 0.2) is 0 Å². The molecule has 0 heterocycles. The summed E-state index contributed by atoms with van der Waals surface area (Å²) in [5.74, 6) is -0.873. The van der Waals surface area contributed by atoms with Crippen LogP contribution in [0, 0.1) is 5.92 Å². The largest absolute Gasteiger partial charge is 0.481 e. The van der Waals surface area contributed by atoms with E-state index in [1.54, 1.807) is 14.0 Å². The lowest BCUT2D eigenvalue weighted by molar-refractivity contribution is -0.137. The number of aliphatic carboxylic acids is 1. The maximum absolute atomic E-state index is 11.8. The lowest BCUT2D eigenvalue weighted by atomic mass is 10.1. The summed E-state index contributed by atoms with van der Waals surface area (Å²) in [5, 5.41) is 14.0. The molecule has 3 amide bonds. The Kier molecular flexibility index (Phi) is 5.79. The summed E-state index contributed by atoms with van der Waals surface area (Å²) in [6.07, 6.45) is 1.78. The van der Waals surface area contributed by atoms with Crippen molar-refractivity contribution in [2.24, 2.45) is 5.92 Å². The van der Waals surface area contributed by atoms with Crippen LogP contribution in [0.2, 0.25) is 0 Å². The molecule has 0 spiro atoms. The topological polar surface area (TPSA) is 98.7 Å². The van der Waals surface area contributed by atoms with Gasteiger partial charge < -0.3 is 20.6 Å². The average Bonchev–Trinajstić information content (AvgIpc) is 3.19. The molecule has 20 heavy (non-hydrogen) atoms. The summed E-state index contributed by atoms with van der Waals surface area (Å²) >= 11 is 0. The van der Waals surface area contributed by atoms with E-state index in [9.17, 15) is 14.4 Å². The van der Waals surface area contributed by atoms with Crippen molar-refractivity contribution in [2.45, 2.75) is 45.2 Å². The Morgan fingerprint density at radius 2 is 1.90 bits per heavy atom. The minimum absolute atomic E-state index is 0.0880. The first-order valence-corrected chi connectivity index (χ1v) is 6.89. The van der Waals surface area contributed by atoms with Gasteiger partial charge in [-0.1, -0.05) is 0 Å². The second-order valence-electron chi connectivity index (χ2n) is 5.23. The lowest BCUT2D eigenvalue weighted by Gasteiger charge is -2.22. The molecule has 1 fully saturated rings. The fourth-order valence-electron chi connectivity index (χ4n) is 1.98. The molecular formula is C13H23N3O4. The Hall–Kier alpha value is -1.79. The van der Waals surface area contributed by atoms with Gasteiger partial charge in [0.05, 0.1) is 6.42 Å². The number of likely N-dealkylation sites (N-methyl/N-ethyl adjacent to an activating group) is 1. The molecule has 1 rings (SSSR count). The summed E-state index contributed by atoms with van der Waals surface area (Å²) in [5.41, 5.74) is 0. The van der Waals surface area contributed by atoms with Gasteiger partial charge in [0.25, 0.3) is 0 Å². The molecule has 0 aromatic rings. The Labute approximate surface area is 118 Å². The molecule has 0 aromatic heterocycles. The number of carboxylic acid groups (broad SMARTS) is 1. The zero-order chi connectivity index (χ0) is 15.3. The lowest BCUT2D eigenvalue weighted by Crippen LogP contribution is -2.51. The van der Waals surface area contributed by atoms with Gasteiger partial charge >= 0.3 is 12.0 Å².